The first-order valence-corrected chi connectivity index (χ1v) is 7.98. The third kappa shape index (κ3) is 2.74. The third-order valence-corrected chi connectivity index (χ3v) is 5.45. The number of rotatable bonds is 3. The second-order valence-corrected chi connectivity index (χ2v) is 6.94. The summed E-state index contributed by atoms with van der Waals surface area (Å²) in [6.45, 7) is 5.48. The number of hydrogen-bond donors (Lipinski definition) is 1. The van der Waals surface area contributed by atoms with Gasteiger partial charge in [0, 0.05) is 13.1 Å². The summed E-state index contributed by atoms with van der Waals surface area (Å²) in [6, 6.07) is 6.21. The Kier molecular flexibility index (Phi) is 3.71. The molecular weight excluding hydrogens is 278 g/mol. The molecule has 1 atom stereocenters. The average Bonchev–Trinajstić information content (AvgIpc) is 3.18. The van der Waals surface area contributed by atoms with Crippen LogP contribution in [-0.4, -0.2) is 35.0 Å². The number of carbonyl (C=O) groups is 2. The van der Waals surface area contributed by atoms with E-state index in [9.17, 15) is 9.59 Å². The number of carboxylic acids is 1. The monoisotopic (exact) mass is 301 g/mol. The number of likely N-dealkylation sites (tertiary alicyclic amines) is 1. The highest BCUT2D eigenvalue weighted by molar-refractivity contribution is 5.79. The number of piperidine rings is 1. The Balaban J connectivity index is 1.59. The van der Waals surface area contributed by atoms with E-state index in [1.807, 2.05) is 18.7 Å². The summed E-state index contributed by atoms with van der Waals surface area (Å²) in [5.41, 5.74) is 3.41. The van der Waals surface area contributed by atoms with E-state index in [0.717, 1.165) is 30.4 Å². The van der Waals surface area contributed by atoms with Gasteiger partial charge in [0.2, 0.25) is 5.91 Å². The molecule has 0 aromatic heterocycles. The summed E-state index contributed by atoms with van der Waals surface area (Å²) in [4.78, 5) is 25.5. The van der Waals surface area contributed by atoms with Crippen LogP contribution in [0, 0.1) is 25.2 Å². The number of benzene rings is 1. The van der Waals surface area contributed by atoms with Gasteiger partial charge in [0.25, 0.3) is 0 Å². The largest absolute Gasteiger partial charge is 0.481 e. The van der Waals surface area contributed by atoms with Gasteiger partial charge in [0.15, 0.2) is 0 Å². The molecule has 1 unspecified atom stereocenters. The maximum absolute atomic E-state index is 12.5. The molecule has 1 aliphatic heterocycles. The molecule has 0 bridgehead atoms. The lowest BCUT2D eigenvalue weighted by Crippen LogP contribution is -2.40. The Morgan fingerprint density at radius 1 is 1.27 bits per heavy atom. The van der Waals surface area contributed by atoms with Gasteiger partial charge < -0.3 is 10.0 Å². The van der Waals surface area contributed by atoms with Gasteiger partial charge in [-0.1, -0.05) is 23.8 Å². The smallest absolute Gasteiger partial charge is 0.307 e. The van der Waals surface area contributed by atoms with E-state index in [1.54, 1.807) is 0 Å². The summed E-state index contributed by atoms with van der Waals surface area (Å²) in [5.74, 6) is -0.685. The van der Waals surface area contributed by atoms with E-state index >= 15 is 0 Å². The van der Waals surface area contributed by atoms with Crippen molar-refractivity contribution in [3.05, 3.63) is 34.9 Å². The molecule has 0 radical (unpaired) electrons. The summed E-state index contributed by atoms with van der Waals surface area (Å²) in [6.07, 6.45) is 2.91. The van der Waals surface area contributed by atoms with Crippen molar-refractivity contribution in [3.63, 3.8) is 0 Å². The fourth-order valence-electron chi connectivity index (χ4n) is 3.72. The first kappa shape index (κ1) is 15.1. The van der Waals surface area contributed by atoms with Gasteiger partial charge in [0.1, 0.15) is 0 Å². The lowest BCUT2D eigenvalue weighted by Gasteiger charge is -2.32. The summed E-state index contributed by atoms with van der Waals surface area (Å²) >= 11 is 0. The highest BCUT2D eigenvalue weighted by atomic mass is 16.4. The third-order valence-electron chi connectivity index (χ3n) is 5.45. The Morgan fingerprint density at radius 3 is 2.55 bits per heavy atom. The van der Waals surface area contributed by atoms with Gasteiger partial charge in [-0.25, -0.2) is 0 Å². The summed E-state index contributed by atoms with van der Waals surface area (Å²) in [7, 11) is 0. The molecule has 2 fully saturated rings. The molecule has 1 aliphatic carbocycles. The highest BCUT2D eigenvalue weighted by Crippen LogP contribution is 2.59. The fraction of sp³-hybridized carbons (Fsp3) is 0.556. The number of aryl methyl sites for hydroxylation is 2. The number of aliphatic carboxylic acids is 1. The van der Waals surface area contributed by atoms with E-state index in [1.165, 1.54) is 5.56 Å². The maximum Gasteiger partial charge on any atom is 0.307 e. The molecule has 1 amide bonds. The van der Waals surface area contributed by atoms with E-state index in [4.69, 9.17) is 5.11 Å². The minimum Gasteiger partial charge on any atom is -0.481 e. The number of nitrogens with zero attached hydrogens (tertiary/aromatic N) is 1. The molecular formula is C18H23NO3. The number of carbonyl (C=O) groups excluding carboxylic acids is 1. The van der Waals surface area contributed by atoms with E-state index in [0.29, 0.717) is 19.5 Å². The van der Waals surface area contributed by atoms with Gasteiger partial charge in [0.05, 0.1) is 12.3 Å². The van der Waals surface area contributed by atoms with Crippen LogP contribution in [0.15, 0.2) is 18.2 Å². The quantitative estimate of drug-likeness (QED) is 0.933. The average molecular weight is 301 g/mol. The zero-order chi connectivity index (χ0) is 15.9. The molecule has 1 aromatic rings. The molecule has 118 valence electrons. The van der Waals surface area contributed by atoms with Crippen LogP contribution in [0.2, 0.25) is 0 Å². The number of amides is 1. The SMILES string of the molecule is Cc1ccc(C)c(CC(=O)N2CCC3(CC2)CC3C(=O)O)c1. The standard InChI is InChI=1S/C18H23NO3/c1-12-3-4-13(2)14(9-12)10-16(20)19-7-5-18(6-8-19)11-15(18)17(21)22/h3-4,9,15H,5-8,10-11H2,1-2H3,(H,21,22). The Morgan fingerprint density at radius 2 is 1.95 bits per heavy atom. The first-order chi connectivity index (χ1) is 10.4. The summed E-state index contributed by atoms with van der Waals surface area (Å²) < 4.78 is 0. The van der Waals surface area contributed by atoms with Crippen LogP contribution in [0.4, 0.5) is 0 Å². The topological polar surface area (TPSA) is 57.6 Å². The predicted octanol–water partition coefficient (Wildman–Crippen LogP) is 2.56. The molecule has 1 spiro atoms. The summed E-state index contributed by atoms with van der Waals surface area (Å²) in [5, 5.41) is 9.12. The van der Waals surface area contributed by atoms with Crippen molar-refractivity contribution in [2.45, 2.75) is 39.5 Å². The van der Waals surface area contributed by atoms with Crippen molar-refractivity contribution in [2.24, 2.45) is 11.3 Å². The van der Waals surface area contributed by atoms with E-state index < -0.39 is 5.97 Å². The van der Waals surface area contributed by atoms with Crippen LogP contribution in [-0.2, 0) is 16.0 Å². The predicted molar refractivity (Wildman–Crippen MR) is 83.6 cm³/mol. The van der Waals surface area contributed by atoms with E-state index in [-0.39, 0.29) is 17.2 Å². The molecule has 1 aromatic carbocycles. The zero-order valence-corrected chi connectivity index (χ0v) is 13.3. The Hall–Kier alpha value is -1.84. The molecule has 3 rings (SSSR count). The molecule has 1 heterocycles. The van der Waals surface area contributed by atoms with E-state index in [2.05, 4.69) is 18.2 Å². The van der Waals surface area contributed by atoms with Gasteiger partial charge in [-0.05, 0) is 49.7 Å². The zero-order valence-electron chi connectivity index (χ0n) is 13.3. The Bertz CT molecular complexity index is 615. The van der Waals surface area contributed by atoms with Crippen molar-refractivity contribution < 1.29 is 14.7 Å². The van der Waals surface area contributed by atoms with Crippen molar-refractivity contribution in [3.8, 4) is 0 Å². The van der Waals surface area contributed by atoms with Gasteiger partial charge in [-0.2, -0.15) is 0 Å². The highest BCUT2D eigenvalue weighted by Gasteiger charge is 2.59. The number of hydrogen-bond acceptors (Lipinski definition) is 2. The van der Waals surface area contributed by atoms with Crippen LogP contribution in [0.5, 0.6) is 0 Å². The van der Waals surface area contributed by atoms with Crippen molar-refractivity contribution in [1.82, 2.24) is 4.90 Å². The van der Waals surface area contributed by atoms with Gasteiger partial charge in [-0.15, -0.1) is 0 Å². The molecule has 1 N–H and O–H groups in total. The second-order valence-electron chi connectivity index (χ2n) is 6.94. The van der Waals surface area contributed by atoms with Crippen LogP contribution >= 0.6 is 0 Å². The van der Waals surface area contributed by atoms with Crippen molar-refractivity contribution in [2.75, 3.05) is 13.1 Å². The van der Waals surface area contributed by atoms with Crippen LogP contribution in [0.3, 0.4) is 0 Å². The maximum atomic E-state index is 12.5. The number of carboxylic acid groups (broad SMARTS) is 1. The minimum atomic E-state index is -0.671. The molecule has 4 nitrogen and oxygen atoms in total. The molecule has 1 saturated heterocycles. The second kappa shape index (κ2) is 5.41. The molecule has 22 heavy (non-hydrogen) atoms. The van der Waals surface area contributed by atoms with Gasteiger partial charge in [-0.3, -0.25) is 9.59 Å². The first-order valence-electron chi connectivity index (χ1n) is 7.98. The fourth-order valence-corrected chi connectivity index (χ4v) is 3.72. The Labute approximate surface area is 131 Å². The van der Waals surface area contributed by atoms with Gasteiger partial charge >= 0.3 is 5.97 Å². The minimum absolute atomic E-state index is 0.0120. The van der Waals surface area contributed by atoms with Crippen LogP contribution in [0.25, 0.3) is 0 Å². The van der Waals surface area contributed by atoms with Crippen molar-refractivity contribution in [1.29, 1.82) is 0 Å². The van der Waals surface area contributed by atoms with Crippen LogP contribution < -0.4 is 0 Å². The normalized spacial score (nSPS) is 22.6. The molecule has 1 saturated carbocycles. The molecule has 2 aliphatic rings. The molecule has 4 heteroatoms. The lowest BCUT2D eigenvalue weighted by atomic mass is 9.90. The lowest BCUT2D eigenvalue weighted by molar-refractivity contribution is -0.139. The van der Waals surface area contributed by atoms with Crippen LogP contribution in [0.1, 0.15) is 36.0 Å². The van der Waals surface area contributed by atoms with Crippen molar-refractivity contribution >= 4 is 11.9 Å².